The number of para-hydroxylation sites is 1. The fourth-order valence-electron chi connectivity index (χ4n) is 2.75. The van der Waals surface area contributed by atoms with Crippen molar-refractivity contribution in [1.82, 2.24) is 0 Å². The molecular formula is C18H18N2O2. The first kappa shape index (κ1) is 14.5. The summed E-state index contributed by atoms with van der Waals surface area (Å²) in [6.45, 7) is 4.02. The molecular weight excluding hydrogens is 276 g/mol. The summed E-state index contributed by atoms with van der Waals surface area (Å²) in [7, 11) is 0. The highest BCUT2D eigenvalue weighted by atomic mass is 16.5. The van der Waals surface area contributed by atoms with Gasteiger partial charge in [-0.2, -0.15) is 5.10 Å². The van der Waals surface area contributed by atoms with Crippen LogP contribution >= 0.6 is 0 Å². The molecule has 0 saturated carbocycles. The maximum atomic E-state index is 12.9. The number of benzene rings is 2. The number of carbonyl (C=O) groups excluding carboxylic acids is 1. The third-order valence-corrected chi connectivity index (χ3v) is 3.70. The lowest BCUT2D eigenvalue weighted by molar-refractivity contribution is -0.136. The monoisotopic (exact) mass is 294 g/mol. The summed E-state index contributed by atoms with van der Waals surface area (Å²) in [6.07, 6.45) is 0. The Morgan fingerprint density at radius 1 is 1.05 bits per heavy atom. The van der Waals surface area contributed by atoms with Crippen molar-refractivity contribution in [2.24, 2.45) is 5.10 Å². The zero-order chi connectivity index (χ0) is 15.6. The van der Waals surface area contributed by atoms with Crippen LogP contribution in [0.1, 0.15) is 19.4 Å². The van der Waals surface area contributed by atoms with Gasteiger partial charge >= 0.3 is 0 Å². The number of carbonyl (C=O) groups is 1. The van der Waals surface area contributed by atoms with Gasteiger partial charge in [-0.15, -0.1) is 0 Å². The van der Waals surface area contributed by atoms with E-state index in [1.807, 2.05) is 67.6 Å². The first-order chi connectivity index (χ1) is 10.7. The van der Waals surface area contributed by atoms with Crippen molar-refractivity contribution in [3.05, 3.63) is 66.2 Å². The first-order valence-electron chi connectivity index (χ1n) is 7.35. The third-order valence-electron chi connectivity index (χ3n) is 3.70. The van der Waals surface area contributed by atoms with Gasteiger partial charge in [0.15, 0.2) is 0 Å². The molecule has 1 unspecified atom stereocenters. The fraction of sp³-hybridized carbons (Fsp3) is 0.222. The molecule has 1 aliphatic heterocycles. The van der Waals surface area contributed by atoms with Crippen LogP contribution in [0.4, 0.5) is 5.69 Å². The molecule has 0 aromatic heterocycles. The van der Waals surface area contributed by atoms with Gasteiger partial charge in [0.05, 0.1) is 5.69 Å². The molecule has 3 rings (SSSR count). The van der Waals surface area contributed by atoms with Gasteiger partial charge in [0.25, 0.3) is 5.72 Å². The second-order valence-electron chi connectivity index (χ2n) is 5.10. The van der Waals surface area contributed by atoms with Crippen LogP contribution in [-0.4, -0.2) is 18.1 Å². The predicted octanol–water partition coefficient (Wildman–Crippen LogP) is 3.34. The molecule has 0 radical (unpaired) electrons. The normalized spacial score (nSPS) is 21.1. The lowest BCUT2D eigenvalue weighted by Gasteiger charge is -2.36. The van der Waals surface area contributed by atoms with Crippen LogP contribution in [0.25, 0.3) is 0 Å². The molecule has 2 aromatic carbocycles. The summed E-state index contributed by atoms with van der Waals surface area (Å²) in [6, 6.07) is 19.1. The smallest absolute Gasteiger partial charge is 0.253 e. The molecule has 0 spiro atoms. The minimum Gasteiger partial charge on any atom is -0.344 e. The topological polar surface area (TPSA) is 41.9 Å². The van der Waals surface area contributed by atoms with Gasteiger partial charge in [-0.05, 0) is 26.0 Å². The number of hydrogen-bond acceptors (Lipinski definition) is 4. The summed E-state index contributed by atoms with van der Waals surface area (Å²) in [5, 5.41) is 6.15. The highest BCUT2D eigenvalue weighted by molar-refractivity contribution is 6.44. The van der Waals surface area contributed by atoms with Gasteiger partial charge in [0.1, 0.15) is 5.71 Å². The molecule has 2 aromatic rings. The minimum absolute atomic E-state index is 0.121. The number of hydrazone groups is 1. The van der Waals surface area contributed by atoms with Gasteiger partial charge in [-0.3, -0.25) is 4.79 Å². The van der Waals surface area contributed by atoms with Crippen LogP contribution in [0, 0.1) is 0 Å². The number of hydrogen-bond donors (Lipinski definition) is 0. The lowest BCUT2D eigenvalue weighted by Crippen LogP contribution is -2.49. The molecule has 0 saturated heterocycles. The Kier molecular flexibility index (Phi) is 3.77. The Morgan fingerprint density at radius 3 is 2.23 bits per heavy atom. The van der Waals surface area contributed by atoms with Crippen molar-refractivity contribution in [3.63, 3.8) is 0 Å². The molecule has 1 aliphatic rings. The molecule has 22 heavy (non-hydrogen) atoms. The Morgan fingerprint density at radius 2 is 1.64 bits per heavy atom. The average molecular weight is 294 g/mol. The highest BCUT2D eigenvalue weighted by Gasteiger charge is 2.52. The number of rotatable bonds is 4. The summed E-state index contributed by atoms with van der Waals surface area (Å²) in [4.78, 5) is 12.9. The molecule has 0 bridgehead atoms. The van der Waals surface area contributed by atoms with E-state index in [1.54, 1.807) is 11.9 Å². The van der Waals surface area contributed by atoms with E-state index >= 15 is 0 Å². The average Bonchev–Trinajstić information content (AvgIpc) is 2.83. The van der Waals surface area contributed by atoms with E-state index in [4.69, 9.17) is 4.74 Å². The lowest BCUT2D eigenvalue weighted by atomic mass is 9.95. The fourth-order valence-corrected chi connectivity index (χ4v) is 2.75. The zero-order valence-electron chi connectivity index (χ0n) is 12.7. The van der Waals surface area contributed by atoms with Crippen LogP contribution in [0.2, 0.25) is 0 Å². The van der Waals surface area contributed by atoms with Crippen molar-refractivity contribution >= 4 is 17.2 Å². The second-order valence-corrected chi connectivity index (χ2v) is 5.10. The van der Waals surface area contributed by atoms with Gasteiger partial charge in [0.2, 0.25) is 5.78 Å². The Bertz CT molecular complexity index is 698. The van der Waals surface area contributed by atoms with E-state index in [-0.39, 0.29) is 5.78 Å². The second kappa shape index (κ2) is 5.73. The van der Waals surface area contributed by atoms with Crippen LogP contribution in [-0.2, 0) is 15.3 Å². The summed E-state index contributed by atoms with van der Waals surface area (Å²) in [5.74, 6) is -0.121. The molecule has 0 amide bonds. The first-order valence-corrected chi connectivity index (χ1v) is 7.35. The number of ether oxygens (including phenoxy) is 1. The largest absolute Gasteiger partial charge is 0.344 e. The van der Waals surface area contributed by atoms with E-state index in [2.05, 4.69) is 5.10 Å². The molecule has 0 aliphatic carbocycles. The van der Waals surface area contributed by atoms with Gasteiger partial charge < -0.3 is 4.74 Å². The van der Waals surface area contributed by atoms with E-state index in [0.29, 0.717) is 12.3 Å². The maximum Gasteiger partial charge on any atom is 0.253 e. The molecule has 1 heterocycles. The standard InChI is InChI=1S/C18H18N2O2/c1-3-22-18(15-10-6-4-7-11-15)17(21)14(2)19-20(18)16-12-8-5-9-13-16/h4-13H,3H2,1-2H3. The Hall–Kier alpha value is -2.46. The van der Waals surface area contributed by atoms with Crippen LogP contribution in [0.5, 0.6) is 0 Å². The van der Waals surface area contributed by atoms with E-state index in [9.17, 15) is 4.79 Å². The van der Waals surface area contributed by atoms with Crippen molar-refractivity contribution in [2.75, 3.05) is 11.6 Å². The maximum absolute atomic E-state index is 12.9. The number of anilines is 1. The molecule has 1 atom stereocenters. The summed E-state index contributed by atoms with van der Waals surface area (Å²) < 4.78 is 5.99. The van der Waals surface area contributed by atoms with E-state index in [1.165, 1.54) is 0 Å². The van der Waals surface area contributed by atoms with Crippen LogP contribution in [0.15, 0.2) is 65.8 Å². The van der Waals surface area contributed by atoms with Gasteiger partial charge in [0, 0.05) is 12.2 Å². The van der Waals surface area contributed by atoms with Gasteiger partial charge in [-0.25, -0.2) is 5.01 Å². The van der Waals surface area contributed by atoms with E-state index < -0.39 is 5.72 Å². The van der Waals surface area contributed by atoms with Crippen LogP contribution < -0.4 is 5.01 Å². The SMILES string of the molecule is CCOC1(c2ccccc2)C(=O)C(C)=NN1c1ccccc1. The Balaban J connectivity index is 2.19. The number of nitrogens with zero attached hydrogens (tertiary/aromatic N) is 2. The summed E-state index contributed by atoms with van der Waals surface area (Å²) in [5.41, 5.74) is 0.832. The number of Topliss-reactive ketones (excluding diaryl/α,β-unsaturated/α-hetero) is 1. The summed E-state index contributed by atoms with van der Waals surface area (Å²) >= 11 is 0. The zero-order valence-corrected chi connectivity index (χ0v) is 12.7. The minimum atomic E-state index is -1.22. The van der Waals surface area contributed by atoms with Gasteiger partial charge in [-0.1, -0.05) is 48.5 Å². The molecule has 0 fully saturated rings. The highest BCUT2D eigenvalue weighted by Crippen LogP contribution is 2.39. The van der Waals surface area contributed by atoms with Crippen LogP contribution in [0.3, 0.4) is 0 Å². The molecule has 0 N–H and O–H groups in total. The van der Waals surface area contributed by atoms with E-state index in [0.717, 1.165) is 11.3 Å². The third kappa shape index (κ3) is 2.12. The predicted molar refractivity (Wildman–Crippen MR) is 86.8 cm³/mol. The van der Waals surface area contributed by atoms with Crippen molar-refractivity contribution in [3.8, 4) is 0 Å². The molecule has 4 nitrogen and oxygen atoms in total. The molecule has 4 heteroatoms. The Labute approximate surface area is 130 Å². The van der Waals surface area contributed by atoms with Crippen molar-refractivity contribution in [2.45, 2.75) is 19.6 Å². The molecule has 112 valence electrons. The van der Waals surface area contributed by atoms with Crippen molar-refractivity contribution in [1.29, 1.82) is 0 Å². The quantitative estimate of drug-likeness (QED) is 0.868. The van der Waals surface area contributed by atoms with Crippen molar-refractivity contribution < 1.29 is 9.53 Å². The number of ketones is 1.